The van der Waals surface area contributed by atoms with Gasteiger partial charge in [-0.3, -0.25) is 0 Å². The van der Waals surface area contributed by atoms with Crippen LogP contribution >= 0.6 is 0 Å². The van der Waals surface area contributed by atoms with E-state index in [1.165, 1.54) is 35.8 Å². The molecular formula is C18H14FN3. The van der Waals surface area contributed by atoms with Crippen molar-refractivity contribution in [3.8, 4) is 11.3 Å². The number of hydrogen-bond acceptors (Lipinski definition) is 3. The zero-order chi connectivity index (χ0) is 14.7. The maximum absolute atomic E-state index is 13.0. The summed E-state index contributed by atoms with van der Waals surface area (Å²) in [7, 11) is 0. The molecule has 0 saturated heterocycles. The van der Waals surface area contributed by atoms with Crippen LogP contribution in [0, 0.1) is 6.08 Å². The van der Waals surface area contributed by atoms with Crippen molar-refractivity contribution < 1.29 is 4.39 Å². The van der Waals surface area contributed by atoms with E-state index in [1.807, 2.05) is 6.07 Å². The third-order valence-corrected chi connectivity index (χ3v) is 5.11. The van der Waals surface area contributed by atoms with Crippen molar-refractivity contribution in [2.75, 3.05) is 0 Å². The molecule has 0 N–H and O–H groups in total. The van der Waals surface area contributed by atoms with Crippen LogP contribution in [-0.4, -0.2) is 15.0 Å². The second-order valence-electron chi connectivity index (χ2n) is 6.25. The van der Waals surface area contributed by atoms with E-state index in [-0.39, 0.29) is 0 Å². The van der Waals surface area contributed by atoms with E-state index in [0.29, 0.717) is 11.8 Å². The maximum Gasteiger partial charge on any atom is 0.308 e. The standard InChI is InChI=1S/C18H14FN3/c19-18-20-8-12(9-21-18)17-16-11-6-5-10(7-11)15(16)13-3-1-2-4-14(13)22-17/h1-4,8-11H,5-7H2. The van der Waals surface area contributed by atoms with Gasteiger partial charge in [-0.15, -0.1) is 0 Å². The maximum atomic E-state index is 13.0. The highest BCUT2D eigenvalue weighted by atomic mass is 19.1. The second-order valence-corrected chi connectivity index (χ2v) is 6.25. The molecule has 3 aromatic rings. The Kier molecular flexibility index (Phi) is 2.40. The van der Waals surface area contributed by atoms with Gasteiger partial charge in [-0.25, -0.2) is 15.0 Å². The first-order valence-corrected chi connectivity index (χ1v) is 7.71. The summed E-state index contributed by atoms with van der Waals surface area (Å²) in [5.74, 6) is 1.23. The zero-order valence-corrected chi connectivity index (χ0v) is 12.0. The third-order valence-electron chi connectivity index (χ3n) is 5.11. The molecule has 0 amide bonds. The van der Waals surface area contributed by atoms with Gasteiger partial charge in [0.15, 0.2) is 0 Å². The summed E-state index contributed by atoms with van der Waals surface area (Å²) in [5, 5.41) is 1.27. The lowest BCUT2D eigenvalue weighted by atomic mass is 9.87. The molecule has 2 aliphatic rings. The van der Waals surface area contributed by atoms with Gasteiger partial charge in [0, 0.05) is 23.3 Å². The number of para-hydroxylation sites is 1. The van der Waals surface area contributed by atoms with Crippen molar-refractivity contribution in [2.45, 2.75) is 31.1 Å². The van der Waals surface area contributed by atoms with Gasteiger partial charge in [0.25, 0.3) is 0 Å². The molecule has 4 heteroatoms. The lowest BCUT2D eigenvalue weighted by Gasteiger charge is -2.20. The van der Waals surface area contributed by atoms with Crippen LogP contribution in [0.3, 0.4) is 0 Å². The Hall–Kier alpha value is -2.36. The number of benzene rings is 1. The van der Waals surface area contributed by atoms with Gasteiger partial charge in [-0.05, 0) is 48.3 Å². The van der Waals surface area contributed by atoms with Gasteiger partial charge in [-0.2, -0.15) is 4.39 Å². The Labute approximate surface area is 127 Å². The lowest BCUT2D eigenvalue weighted by Crippen LogP contribution is -2.04. The monoisotopic (exact) mass is 291 g/mol. The molecule has 0 spiro atoms. The van der Waals surface area contributed by atoms with Crippen LogP contribution in [0.5, 0.6) is 0 Å². The van der Waals surface area contributed by atoms with E-state index in [4.69, 9.17) is 4.98 Å². The molecule has 1 fully saturated rings. The van der Waals surface area contributed by atoms with Crippen molar-refractivity contribution >= 4 is 10.9 Å². The van der Waals surface area contributed by atoms with E-state index in [0.717, 1.165) is 16.8 Å². The van der Waals surface area contributed by atoms with E-state index in [1.54, 1.807) is 12.4 Å². The van der Waals surface area contributed by atoms with Gasteiger partial charge in [0.1, 0.15) is 0 Å². The minimum absolute atomic E-state index is 0.581. The van der Waals surface area contributed by atoms with Crippen LogP contribution in [0.15, 0.2) is 36.7 Å². The van der Waals surface area contributed by atoms with Gasteiger partial charge in [0.2, 0.25) is 0 Å². The topological polar surface area (TPSA) is 38.7 Å². The summed E-state index contributed by atoms with van der Waals surface area (Å²) in [4.78, 5) is 12.3. The van der Waals surface area contributed by atoms with E-state index in [2.05, 4.69) is 28.2 Å². The summed E-state index contributed by atoms with van der Waals surface area (Å²) in [5.41, 5.74) is 5.58. The number of rotatable bonds is 1. The average molecular weight is 291 g/mol. The van der Waals surface area contributed by atoms with Crippen LogP contribution in [0.2, 0.25) is 0 Å². The number of aromatic nitrogens is 3. The Balaban J connectivity index is 1.86. The quantitative estimate of drug-likeness (QED) is 0.631. The minimum atomic E-state index is -0.692. The molecular weight excluding hydrogens is 277 g/mol. The molecule has 2 bridgehead atoms. The van der Waals surface area contributed by atoms with Crippen molar-refractivity contribution in [3.63, 3.8) is 0 Å². The largest absolute Gasteiger partial charge is 0.308 e. The summed E-state index contributed by atoms with van der Waals surface area (Å²) >= 11 is 0. The summed E-state index contributed by atoms with van der Waals surface area (Å²) in [6.07, 6.45) is 6.12. The molecule has 0 aliphatic heterocycles. The predicted molar refractivity (Wildman–Crippen MR) is 82.1 cm³/mol. The summed E-state index contributed by atoms with van der Waals surface area (Å²) < 4.78 is 13.0. The molecule has 22 heavy (non-hydrogen) atoms. The fraction of sp³-hybridized carbons (Fsp3) is 0.278. The number of fused-ring (bicyclic) bond motifs is 7. The molecule has 2 atom stereocenters. The van der Waals surface area contributed by atoms with Gasteiger partial charge in [-0.1, -0.05) is 18.2 Å². The summed E-state index contributed by atoms with van der Waals surface area (Å²) in [6, 6.07) is 8.32. The number of halogens is 1. The average Bonchev–Trinajstić information content (AvgIpc) is 3.17. The molecule has 0 radical (unpaired) electrons. The normalized spacial score (nSPS) is 22.2. The number of pyridine rings is 1. The lowest BCUT2D eigenvalue weighted by molar-refractivity contribution is 0.539. The van der Waals surface area contributed by atoms with Gasteiger partial charge >= 0.3 is 6.08 Å². The molecule has 2 unspecified atom stereocenters. The van der Waals surface area contributed by atoms with E-state index >= 15 is 0 Å². The van der Waals surface area contributed by atoms with Crippen molar-refractivity contribution in [3.05, 3.63) is 53.9 Å². The molecule has 2 heterocycles. The Morgan fingerprint density at radius 3 is 2.50 bits per heavy atom. The molecule has 2 aromatic heterocycles. The Morgan fingerprint density at radius 1 is 0.955 bits per heavy atom. The van der Waals surface area contributed by atoms with Crippen LogP contribution in [0.4, 0.5) is 4.39 Å². The highest BCUT2D eigenvalue weighted by molar-refractivity contribution is 5.89. The smallest absolute Gasteiger partial charge is 0.247 e. The van der Waals surface area contributed by atoms with Gasteiger partial charge < -0.3 is 0 Å². The SMILES string of the molecule is Fc1ncc(-c2nc3ccccc3c3c2C2CCC3C2)cn1. The molecule has 5 rings (SSSR count). The van der Waals surface area contributed by atoms with Crippen molar-refractivity contribution in [1.29, 1.82) is 0 Å². The van der Waals surface area contributed by atoms with Crippen molar-refractivity contribution in [1.82, 2.24) is 15.0 Å². The Bertz CT molecular complexity index is 889. The van der Waals surface area contributed by atoms with Crippen LogP contribution in [0.1, 0.15) is 42.2 Å². The predicted octanol–water partition coefficient (Wildman–Crippen LogP) is 4.20. The van der Waals surface area contributed by atoms with Crippen LogP contribution < -0.4 is 0 Å². The first kappa shape index (κ1) is 12.2. The third kappa shape index (κ3) is 1.58. The summed E-state index contributed by atoms with van der Waals surface area (Å²) in [6.45, 7) is 0. The second kappa shape index (κ2) is 4.32. The molecule has 3 nitrogen and oxygen atoms in total. The van der Waals surface area contributed by atoms with Crippen LogP contribution in [-0.2, 0) is 0 Å². The number of hydrogen-bond donors (Lipinski definition) is 0. The molecule has 1 aromatic carbocycles. The molecule has 108 valence electrons. The molecule has 1 saturated carbocycles. The highest BCUT2D eigenvalue weighted by Gasteiger charge is 2.40. The fourth-order valence-corrected chi connectivity index (χ4v) is 4.27. The fourth-order valence-electron chi connectivity index (χ4n) is 4.27. The number of nitrogens with zero attached hydrogens (tertiary/aromatic N) is 3. The minimum Gasteiger partial charge on any atom is -0.247 e. The first-order chi connectivity index (χ1) is 10.8. The van der Waals surface area contributed by atoms with E-state index in [9.17, 15) is 4.39 Å². The molecule has 2 aliphatic carbocycles. The highest BCUT2D eigenvalue weighted by Crippen LogP contribution is 2.57. The Morgan fingerprint density at radius 2 is 1.68 bits per heavy atom. The van der Waals surface area contributed by atoms with Crippen molar-refractivity contribution in [2.24, 2.45) is 0 Å². The van der Waals surface area contributed by atoms with Crippen LogP contribution in [0.25, 0.3) is 22.2 Å². The van der Waals surface area contributed by atoms with Gasteiger partial charge in [0.05, 0.1) is 11.2 Å². The van der Waals surface area contributed by atoms with E-state index < -0.39 is 6.08 Å². The zero-order valence-electron chi connectivity index (χ0n) is 12.0. The first-order valence-electron chi connectivity index (χ1n) is 7.71.